The molecule has 0 saturated heterocycles. The first-order valence-electron chi connectivity index (χ1n) is 5.73. The van der Waals surface area contributed by atoms with Crippen molar-refractivity contribution in [1.29, 1.82) is 0 Å². The molecule has 0 heterocycles. The van der Waals surface area contributed by atoms with Crippen molar-refractivity contribution in [3.63, 3.8) is 0 Å². The van der Waals surface area contributed by atoms with Gasteiger partial charge >= 0.3 is 0 Å². The molecular weight excluding hydrogens is 240 g/mol. The molecular formula is C13H15ClO3. The summed E-state index contributed by atoms with van der Waals surface area (Å²) in [4.78, 5) is 11.6. The van der Waals surface area contributed by atoms with Crippen LogP contribution in [0.4, 0.5) is 0 Å². The average Bonchev–Trinajstić information content (AvgIpc) is 2.36. The number of carbonyl (C=O) groups excluding carboxylic acids is 1. The molecule has 2 rings (SSSR count). The van der Waals surface area contributed by atoms with Crippen LogP contribution in [0.25, 0.3) is 0 Å². The number of aliphatic hydroxyl groups is 1. The Hall–Kier alpha value is -1.06. The first-order valence-corrected chi connectivity index (χ1v) is 6.27. The van der Waals surface area contributed by atoms with E-state index in [9.17, 15) is 9.90 Å². The molecule has 92 valence electrons. The molecule has 0 aromatic heterocycles. The van der Waals surface area contributed by atoms with Crippen molar-refractivity contribution in [2.75, 3.05) is 12.5 Å². The minimum Gasteiger partial charge on any atom is -0.491 e. The first-order chi connectivity index (χ1) is 8.20. The van der Waals surface area contributed by atoms with Gasteiger partial charge in [0.25, 0.3) is 0 Å². The lowest BCUT2D eigenvalue weighted by Crippen LogP contribution is -2.19. The number of alkyl halides is 1. The fraction of sp³-hybridized carbons (Fsp3) is 0.462. The molecule has 1 N–H and O–H groups in total. The second kappa shape index (κ2) is 5.52. The predicted molar refractivity (Wildman–Crippen MR) is 65.9 cm³/mol. The SMILES string of the molecule is O=C1CCCc2cc(OCC(O)CCl)ccc21. The van der Waals surface area contributed by atoms with Crippen LogP contribution in [0, 0.1) is 0 Å². The van der Waals surface area contributed by atoms with Crippen molar-refractivity contribution >= 4 is 17.4 Å². The summed E-state index contributed by atoms with van der Waals surface area (Å²) in [6.07, 6.45) is 1.79. The number of aliphatic hydroxyl groups excluding tert-OH is 1. The van der Waals surface area contributed by atoms with Gasteiger partial charge < -0.3 is 9.84 Å². The Balaban J connectivity index is 2.08. The van der Waals surface area contributed by atoms with Crippen LogP contribution in [-0.2, 0) is 6.42 Å². The van der Waals surface area contributed by atoms with Gasteiger partial charge in [0.2, 0.25) is 0 Å². The molecule has 4 heteroatoms. The minimum absolute atomic E-state index is 0.156. The molecule has 1 atom stereocenters. The fourth-order valence-electron chi connectivity index (χ4n) is 1.95. The van der Waals surface area contributed by atoms with Gasteiger partial charge in [0.15, 0.2) is 5.78 Å². The zero-order chi connectivity index (χ0) is 12.3. The number of ketones is 1. The molecule has 1 aliphatic rings. The lowest BCUT2D eigenvalue weighted by Gasteiger charge is -2.16. The van der Waals surface area contributed by atoms with Gasteiger partial charge in [-0.05, 0) is 36.6 Å². The van der Waals surface area contributed by atoms with Gasteiger partial charge in [-0.1, -0.05) is 0 Å². The van der Waals surface area contributed by atoms with E-state index in [1.54, 1.807) is 12.1 Å². The van der Waals surface area contributed by atoms with Crippen molar-refractivity contribution in [3.8, 4) is 5.75 Å². The molecule has 17 heavy (non-hydrogen) atoms. The first kappa shape index (κ1) is 12.4. The maximum atomic E-state index is 11.6. The van der Waals surface area contributed by atoms with Gasteiger partial charge in [-0.3, -0.25) is 4.79 Å². The number of fused-ring (bicyclic) bond motifs is 1. The number of aryl methyl sites for hydroxylation is 1. The summed E-state index contributed by atoms with van der Waals surface area (Å²) >= 11 is 5.48. The molecule has 0 aliphatic heterocycles. The van der Waals surface area contributed by atoms with Crippen molar-refractivity contribution in [2.45, 2.75) is 25.4 Å². The van der Waals surface area contributed by atoms with Crippen LogP contribution in [0.3, 0.4) is 0 Å². The van der Waals surface area contributed by atoms with Crippen LogP contribution >= 0.6 is 11.6 Å². The largest absolute Gasteiger partial charge is 0.491 e. The Morgan fingerprint density at radius 3 is 3.00 bits per heavy atom. The average molecular weight is 255 g/mol. The molecule has 1 aromatic carbocycles. The lowest BCUT2D eigenvalue weighted by molar-refractivity contribution is 0.0972. The van der Waals surface area contributed by atoms with Crippen LogP contribution in [0.15, 0.2) is 18.2 Å². The second-order valence-electron chi connectivity index (χ2n) is 4.21. The molecule has 0 bridgehead atoms. The van der Waals surface area contributed by atoms with Gasteiger partial charge in [0.05, 0.1) is 5.88 Å². The smallest absolute Gasteiger partial charge is 0.163 e. The second-order valence-corrected chi connectivity index (χ2v) is 4.52. The zero-order valence-electron chi connectivity index (χ0n) is 9.49. The van der Waals surface area contributed by atoms with E-state index in [2.05, 4.69) is 0 Å². The van der Waals surface area contributed by atoms with Crippen molar-refractivity contribution < 1.29 is 14.6 Å². The molecule has 0 radical (unpaired) electrons. The zero-order valence-corrected chi connectivity index (χ0v) is 10.2. The van der Waals surface area contributed by atoms with Crippen molar-refractivity contribution in [2.24, 2.45) is 0 Å². The highest BCUT2D eigenvalue weighted by atomic mass is 35.5. The normalized spacial score (nSPS) is 16.5. The molecule has 1 aromatic rings. The van der Waals surface area contributed by atoms with Gasteiger partial charge in [0.1, 0.15) is 18.5 Å². The van der Waals surface area contributed by atoms with E-state index in [0.717, 1.165) is 24.0 Å². The monoisotopic (exact) mass is 254 g/mol. The number of carbonyl (C=O) groups is 1. The summed E-state index contributed by atoms with van der Waals surface area (Å²) in [5.74, 6) is 1.05. The van der Waals surface area contributed by atoms with Crippen LogP contribution in [0.2, 0.25) is 0 Å². The van der Waals surface area contributed by atoms with Crippen LogP contribution < -0.4 is 4.74 Å². The third-order valence-corrected chi connectivity index (χ3v) is 3.20. The van der Waals surface area contributed by atoms with Crippen molar-refractivity contribution in [1.82, 2.24) is 0 Å². The van der Waals surface area contributed by atoms with Gasteiger partial charge in [-0.15, -0.1) is 11.6 Å². The number of halogens is 1. The topological polar surface area (TPSA) is 46.5 Å². The van der Waals surface area contributed by atoms with Gasteiger partial charge in [-0.2, -0.15) is 0 Å². The van der Waals surface area contributed by atoms with E-state index < -0.39 is 6.10 Å². The molecule has 0 amide bonds. The molecule has 0 fully saturated rings. The number of Topliss-reactive ketones (excluding diaryl/α,β-unsaturated/α-hetero) is 1. The van der Waals surface area contributed by atoms with E-state index in [0.29, 0.717) is 12.2 Å². The standard InChI is InChI=1S/C13H15ClO3/c14-7-10(15)8-17-11-4-5-12-9(6-11)2-1-3-13(12)16/h4-6,10,15H,1-3,7-8H2. The lowest BCUT2D eigenvalue weighted by atomic mass is 9.90. The summed E-state index contributed by atoms with van der Waals surface area (Å²) in [7, 11) is 0. The Bertz CT molecular complexity index is 417. The van der Waals surface area contributed by atoms with Crippen LogP contribution in [0.1, 0.15) is 28.8 Å². The summed E-state index contributed by atoms with van der Waals surface area (Å²) in [5.41, 5.74) is 1.85. The van der Waals surface area contributed by atoms with Crippen LogP contribution in [0.5, 0.6) is 5.75 Å². The van der Waals surface area contributed by atoms with Crippen LogP contribution in [-0.4, -0.2) is 29.5 Å². The van der Waals surface area contributed by atoms with E-state index >= 15 is 0 Å². The van der Waals surface area contributed by atoms with E-state index in [1.165, 1.54) is 0 Å². The molecule has 0 saturated carbocycles. The Morgan fingerprint density at radius 1 is 1.41 bits per heavy atom. The Kier molecular flexibility index (Phi) is 4.02. The number of hydrogen-bond donors (Lipinski definition) is 1. The van der Waals surface area contributed by atoms with E-state index in [1.807, 2.05) is 6.07 Å². The molecule has 3 nitrogen and oxygen atoms in total. The third kappa shape index (κ3) is 2.99. The van der Waals surface area contributed by atoms with E-state index in [-0.39, 0.29) is 18.3 Å². The third-order valence-electron chi connectivity index (χ3n) is 2.85. The number of ether oxygens (including phenoxy) is 1. The van der Waals surface area contributed by atoms with Gasteiger partial charge in [0, 0.05) is 12.0 Å². The Labute approximate surface area is 105 Å². The Morgan fingerprint density at radius 2 is 2.24 bits per heavy atom. The maximum absolute atomic E-state index is 11.6. The molecule has 1 unspecified atom stereocenters. The van der Waals surface area contributed by atoms with Gasteiger partial charge in [-0.25, -0.2) is 0 Å². The highest BCUT2D eigenvalue weighted by Gasteiger charge is 2.17. The van der Waals surface area contributed by atoms with E-state index in [4.69, 9.17) is 16.3 Å². The maximum Gasteiger partial charge on any atom is 0.163 e. The number of benzene rings is 1. The molecule has 0 spiro atoms. The minimum atomic E-state index is -0.658. The highest BCUT2D eigenvalue weighted by molar-refractivity contribution is 6.18. The summed E-state index contributed by atoms with van der Waals surface area (Å²) in [6, 6.07) is 5.45. The summed E-state index contributed by atoms with van der Waals surface area (Å²) in [6.45, 7) is 0.177. The summed E-state index contributed by atoms with van der Waals surface area (Å²) in [5, 5.41) is 9.29. The highest BCUT2D eigenvalue weighted by Crippen LogP contribution is 2.25. The fourth-order valence-corrected chi connectivity index (χ4v) is 2.04. The summed E-state index contributed by atoms with van der Waals surface area (Å²) < 4.78 is 5.41. The number of hydrogen-bond acceptors (Lipinski definition) is 3. The quantitative estimate of drug-likeness (QED) is 0.838. The predicted octanol–water partition coefficient (Wildman–Crippen LogP) is 2.18. The van der Waals surface area contributed by atoms with Crippen molar-refractivity contribution in [3.05, 3.63) is 29.3 Å². The molecule has 1 aliphatic carbocycles. The number of rotatable bonds is 4.